The molecule has 1 N–H and O–H groups in total. The van der Waals surface area contributed by atoms with Crippen molar-refractivity contribution in [2.45, 2.75) is 45.1 Å². The summed E-state index contributed by atoms with van der Waals surface area (Å²) in [6, 6.07) is 4.87. The van der Waals surface area contributed by atoms with E-state index in [2.05, 4.69) is 24.4 Å². The van der Waals surface area contributed by atoms with Gasteiger partial charge >= 0.3 is 0 Å². The van der Waals surface area contributed by atoms with E-state index in [9.17, 15) is 0 Å². The van der Waals surface area contributed by atoms with Crippen LogP contribution in [0.5, 0.6) is 5.75 Å². The van der Waals surface area contributed by atoms with Crippen molar-refractivity contribution in [3.05, 3.63) is 28.3 Å². The Morgan fingerprint density at radius 1 is 1.37 bits per heavy atom. The molecular formula is C16H22ClNO. The lowest BCUT2D eigenvalue weighted by molar-refractivity contribution is 0.350. The fourth-order valence-corrected chi connectivity index (χ4v) is 3.81. The monoisotopic (exact) mass is 279 g/mol. The zero-order chi connectivity index (χ0) is 13.2. The number of hydrogen-bond donors (Lipinski definition) is 1. The molecule has 0 spiro atoms. The normalized spacial score (nSPS) is 25.4. The van der Waals surface area contributed by atoms with E-state index >= 15 is 0 Å². The Balaban J connectivity index is 1.71. The maximum Gasteiger partial charge on any atom is 0.125 e. The molecular weight excluding hydrogens is 258 g/mol. The van der Waals surface area contributed by atoms with Crippen molar-refractivity contribution in [1.29, 1.82) is 0 Å². The average molecular weight is 280 g/mol. The third-order valence-corrected chi connectivity index (χ3v) is 4.59. The molecule has 0 amide bonds. The predicted molar refractivity (Wildman–Crippen MR) is 79.2 cm³/mol. The van der Waals surface area contributed by atoms with Crippen molar-refractivity contribution < 1.29 is 4.74 Å². The zero-order valence-electron chi connectivity index (χ0n) is 11.5. The van der Waals surface area contributed by atoms with Gasteiger partial charge in [0.25, 0.3) is 0 Å². The summed E-state index contributed by atoms with van der Waals surface area (Å²) < 4.78 is 5.79. The number of nitrogens with one attached hydrogen (secondary N) is 1. The topological polar surface area (TPSA) is 21.3 Å². The second-order valence-corrected chi connectivity index (χ2v) is 6.23. The van der Waals surface area contributed by atoms with Gasteiger partial charge in [-0.25, -0.2) is 0 Å². The molecule has 0 saturated heterocycles. The molecule has 1 aliphatic heterocycles. The highest BCUT2D eigenvalue weighted by Gasteiger charge is 2.26. The smallest absolute Gasteiger partial charge is 0.125 e. The van der Waals surface area contributed by atoms with Gasteiger partial charge in [-0.05, 0) is 61.4 Å². The molecule has 1 aromatic carbocycles. The van der Waals surface area contributed by atoms with Crippen molar-refractivity contribution in [2.24, 2.45) is 5.92 Å². The second kappa shape index (κ2) is 5.72. The lowest BCUT2D eigenvalue weighted by Gasteiger charge is -2.14. The second-order valence-electron chi connectivity index (χ2n) is 5.79. The van der Waals surface area contributed by atoms with Gasteiger partial charge in [0.05, 0.1) is 6.61 Å². The summed E-state index contributed by atoms with van der Waals surface area (Å²) in [5.41, 5.74) is 2.62. The van der Waals surface area contributed by atoms with E-state index in [-0.39, 0.29) is 0 Å². The van der Waals surface area contributed by atoms with Gasteiger partial charge in [-0.3, -0.25) is 0 Å². The first-order valence-corrected chi connectivity index (χ1v) is 7.81. The highest BCUT2D eigenvalue weighted by atomic mass is 35.5. The Hall–Kier alpha value is -0.730. The highest BCUT2D eigenvalue weighted by Crippen LogP contribution is 2.37. The molecule has 1 heterocycles. The van der Waals surface area contributed by atoms with Crippen LogP contribution in [0.1, 0.15) is 37.3 Å². The van der Waals surface area contributed by atoms with Crippen LogP contribution in [0.25, 0.3) is 0 Å². The third-order valence-electron chi connectivity index (χ3n) is 4.37. The molecule has 1 aromatic rings. The van der Waals surface area contributed by atoms with Crippen LogP contribution in [0.15, 0.2) is 12.1 Å². The van der Waals surface area contributed by atoms with Gasteiger partial charge < -0.3 is 10.1 Å². The van der Waals surface area contributed by atoms with E-state index in [1.54, 1.807) is 0 Å². The van der Waals surface area contributed by atoms with Crippen LogP contribution in [-0.2, 0) is 12.8 Å². The fourth-order valence-electron chi connectivity index (χ4n) is 3.54. The molecule has 3 heteroatoms. The summed E-state index contributed by atoms with van der Waals surface area (Å²) in [6.07, 6.45) is 6.04. The summed E-state index contributed by atoms with van der Waals surface area (Å²) in [7, 11) is 0. The molecule has 2 atom stereocenters. The quantitative estimate of drug-likeness (QED) is 0.909. The number of fused-ring (bicyclic) bond motifs is 1. The Morgan fingerprint density at radius 3 is 3.11 bits per heavy atom. The molecule has 2 nitrogen and oxygen atoms in total. The summed E-state index contributed by atoms with van der Waals surface area (Å²) in [5.74, 6) is 1.90. The molecule has 1 fully saturated rings. The number of benzene rings is 1. The van der Waals surface area contributed by atoms with Crippen LogP contribution < -0.4 is 10.1 Å². The van der Waals surface area contributed by atoms with E-state index in [4.69, 9.17) is 16.3 Å². The van der Waals surface area contributed by atoms with E-state index < -0.39 is 0 Å². The minimum atomic E-state index is 0.711. The predicted octanol–water partition coefficient (Wildman–Crippen LogP) is 3.60. The SMILES string of the molecule is CCNC1CCC(Cc2cc(Cl)cc3c2OCC3)C1. The summed E-state index contributed by atoms with van der Waals surface area (Å²) >= 11 is 6.22. The molecule has 104 valence electrons. The Labute approximate surface area is 120 Å². The highest BCUT2D eigenvalue weighted by molar-refractivity contribution is 6.30. The van der Waals surface area contributed by atoms with Gasteiger partial charge in [-0.1, -0.05) is 18.5 Å². The van der Waals surface area contributed by atoms with Gasteiger partial charge in [0, 0.05) is 17.5 Å². The van der Waals surface area contributed by atoms with E-state index in [1.165, 1.54) is 30.4 Å². The lowest BCUT2D eigenvalue weighted by atomic mass is 9.95. The fraction of sp³-hybridized carbons (Fsp3) is 0.625. The van der Waals surface area contributed by atoms with E-state index in [0.29, 0.717) is 6.04 Å². The standard InChI is InChI=1S/C16H22ClNO/c1-2-18-15-4-3-11(8-15)7-13-10-14(17)9-12-5-6-19-16(12)13/h9-11,15,18H,2-8H2,1H3. The maximum absolute atomic E-state index is 6.22. The largest absolute Gasteiger partial charge is 0.493 e. The lowest BCUT2D eigenvalue weighted by Crippen LogP contribution is -2.25. The average Bonchev–Trinajstić information content (AvgIpc) is 2.98. The van der Waals surface area contributed by atoms with E-state index in [1.807, 2.05) is 0 Å². The first-order chi connectivity index (χ1) is 9.26. The van der Waals surface area contributed by atoms with Crippen LogP contribution in [0.2, 0.25) is 5.02 Å². The molecule has 2 unspecified atom stereocenters. The summed E-state index contributed by atoms with van der Waals surface area (Å²) in [5, 5.41) is 4.43. The minimum Gasteiger partial charge on any atom is -0.493 e. The Bertz CT molecular complexity index is 460. The third kappa shape index (κ3) is 2.90. The number of ether oxygens (including phenoxy) is 1. The number of rotatable bonds is 4. The zero-order valence-corrected chi connectivity index (χ0v) is 12.3. The Kier molecular flexibility index (Phi) is 3.99. The van der Waals surface area contributed by atoms with Crippen molar-refractivity contribution in [3.63, 3.8) is 0 Å². The number of halogens is 1. The molecule has 0 bridgehead atoms. The maximum atomic E-state index is 6.22. The van der Waals surface area contributed by atoms with Gasteiger partial charge in [0.2, 0.25) is 0 Å². The van der Waals surface area contributed by atoms with Crippen molar-refractivity contribution in [1.82, 2.24) is 5.32 Å². The van der Waals surface area contributed by atoms with Crippen molar-refractivity contribution in [3.8, 4) is 5.75 Å². The van der Waals surface area contributed by atoms with Gasteiger partial charge in [0.1, 0.15) is 5.75 Å². The first-order valence-electron chi connectivity index (χ1n) is 7.43. The number of hydrogen-bond acceptors (Lipinski definition) is 2. The van der Waals surface area contributed by atoms with Crippen molar-refractivity contribution >= 4 is 11.6 Å². The molecule has 0 aromatic heterocycles. The summed E-state index contributed by atoms with van der Waals surface area (Å²) in [4.78, 5) is 0. The van der Waals surface area contributed by atoms with Crippen LogP contribution in [0, 0.1) is 5.92 Å². The van der Waals surface area contributed by atoms with E-state index in [0.717, 1.165) is 42.7 Å². The first kappa shape index (κ1) is 13.3. The van der Waals surface area contributed by atoms with Crippen LogP contribution in [0.3, 0.4) is 0 Å². The van der Waals surface area contributed by atoms with Crippen LogP contribution >= 0.6 is 11.6 Å². The van der Waals surface area contributed by atoms with Crippen molar-refractivity contribution in [2.75, 3.05) is 13.2 Å². The van der Waals surface area contributed by atoms with Crippen LogP contribution in [0.4, 0.5) is 0 Å². The van der Waals surface area contributed by atoms with Gasteiger partial charge in [0.15, 0.2) is 0 Å². The molecule has 0 radical (unpaired) electrons. The summed E-state index contributed by atoms with van der Waals surface area (Å²) in [6.45, 7) is 4.07. The minimum absolute atomic E-state index is 0.711. The molecule has 19 heavy (non-hydrogen) atoms. The van der Waals surface area contributed by atoms with Crippen LogP contribution in [-0.4, -0.2) is 19.2 Å². The molecule has 3 rings (SSSR count). The van der Waals surface area contributed by atoms with Gasteiger partial charge in [-0.2, -0.15) is 0 Å². The van der Waals surface area contributed by atoms with Gasteiger partial charge in [-0.15, -0.1) is 0 Å². The molecule has 1 aliphatic carbocycles. The molecule has 2 aliphatic rings. The Morgan fingerprint density at radius 2 is 2.26 bits per heavy atom. The molecule has 1 saturated carbocycles.